The van der Waals surface area contributed by atoms with E-state index < -0.39 is 12.0 Å². The van der Waals surface area contributed by atoms with E-state index in [4.69, 9.17) is 0 Å². The van der Waals surface area contributed by atoms with E-state index in [1.807, 2.05) is 67.6 Å². The predicted octanol–water partition coefficient (Wildman–Crippen LogP) is 2.96. The van der Waals surface area contributed by atoms with E-state index in [0.717, 1.165) is 22.6 Å². The van der Waals surface area contributed by atoms with Crippen LogP contribution in [0, 0.1) is 13.8 Å². The van der Waals surface area contributed by atoms with E-state index in [2.05, 4.69) is 5.10 Å². The zero-order chi connectivity index (χ0) is 16.3. The molecule has 0 amide bonds. The van der Waals surface area contributed by atoms with E-state index in [-0.39, 0.29) is 0 Å². The summed E-state index contributed by atoms with van der Waals surface area (Å²) < 4.78 is 1.82. The quantitative estimate of drug-likeness (QED) is 0.891. The number of rotatable bonds is 6. The van der Waals surface area contributed by atoms with Crippen LogP contribution in [-0.2, 0) is 4.79 Å². The Morgan fingerprint density at radius 3 is 2.32 bits per heavy atom. The Balaban J connectivity index is 2.56. The Kier molecular flexibility index (Phi) is 4.98. The average Bonchev–Trinajstić information content (AvgIpc) is 2.80. The molecule has 0 spiro atoms. The first-order valence-electron chi connectivity index (χ1n) is 7.59. The number of aliphatic carboxylic acids is 1. The summed E-state index contributed by atoms with van der Waals surface area (Å²) >= 11 is 0. The van der Waals surface area contributed by atoms with Crippen LogP contribution in [0.2, 0.25) is 0 Å². The highest BCUT2D eigenvalue weighted by molar-refractivity contribution is 5.76. The summed E-state index contributed by atoms with van der Waals surface area (Å²) in [6.45, 7) is 9.13. The van der Waals surface area contributed by atoms with Crippen LogP contribution in [0.3, 0.4) is 0 Å². The Morgan fingerprint density at radius 2 is 1.82 bits per heavy atom. The standard InChI is InChI=1S/C17H23N3O2/c1-5-19(6-2)16(17(21)22)15-12(3)18-20(13(15)4)14-10-8-7-9-11-14/h7-11,16H,5-6H2,1-4H3,(H,21,22). The van der Waals surface area contributed by atoms with E-state index in [1.165, 1.54) is 0 Å². The second kappa shape index (κ2) is 6.75. The second-order valence-corrected chi connectivity index (χ2v) is 5.29. The smallest absolute Gasteiger partial charge is 0.325 e. The van der Waals surface area contributed by atoms with Crippen molar-refractivity contribution in [3.63, 3.8) is 0 Å². The number of benzene rings is 1. The highest BCUT2D eigenvalue weighted by Crippen LogP contribution is 2.28. The van der Waals surface area contributed by atoms with Crippen LogP contribution in [0.25, 0.3) is 5.69 Å². The van der Waals surface area contributed by atoms with Crippen molar-refractivity contribution in [3.8, 4) is 5.69 Å². The number of para-hydroxylation sites is 1. The van der Waals surface area contributed by atoms with Gasteiger partial charge in [0.2, 0.25) is 0 Å². The molecule has 2 rings (SSSR count). The van der Waals surface area contributed by atoms with Gasteiger partial charge in [-0.05, 0) is 39.1 Å². The lowest BCUT2D eigenvalue weighted by Gasteiger charge is -2.26. The molecule has 1 N–H and O–H groups in total. The molecule has 1 atom stereocenters. The number of hydrogen-bond acceptors (Lipinski definition) is 3. The highest BCUT2D eigenvalue weighted by Gasteiger charge is 2.31. The Hall–Kier alpha value is -2.14. The van der Waals surface area contributed by atoms with Gasteiger partial charge < -0.3 is 5.11 Å². The number of carbonyl (C=O) groups is 1. The first-order valence-corrected chi connectivity index (χ1v) is 7.59. The average molecular weight is 301 g/mol. The molecule has 1 unspecified atom stereocenters. The summed E-state index contributed by atoms with van der Waals surface area (Å²) in [4.78, 5) is 13.8. The molecule has 0 radical (unpaired) electrons. The third-order valence-electron chi connectivity index (χ3n) is 4.03. The fourth-order valence-corrected chi connectivity index (χ4v) is 2.92. The van der Waals surface area contributed by atoms with Crippen LogP contribution in [0.1, 0.15) is 36.8 Å². The molecule has 118 valence electrons. The van der Waals surface area contributed by atoms with Gasteiger partial charge in [-0.15, -0.1) is 0 Å². The highest BCUT2D eigenvalue weighted by atomic mass is 16.4. The third-order valence-corrected chi connectivity index (χ3v) is 4.03. The molecule has 22 heavy (non-hydrogen) atoms. The van der Waals surface area contributed by atoms with Crippen LogP contribution in [0.15, 0.2) is 30.3 Å². The van der Waals surface area contributed by atoms with Crippen LogP contribution in [0.5, 0.6) is 0 Å². The molecule has 0 fully saturated rings. The summed E-state index contributed by atoms with van der Waals surface area (Å²) in [6.07, 6.45) is 0. The molecular formula is C17H23N3O2. The first kappa shape index (κ1) is 16.2. The molecule has 0 aliphatic heterocycles. The van der Waals surface area contributed by atoms with Gasteiger partial charge in [-0.25, -0.2) is 4.68 Å². The summed E-state index contributed by atoms with van der Waals surface area (Å²) in [5, 5.41) is 14.3. The van der Waals surface area contributed by atoms with Crippen LogP contribution in [-0.4, -0.2) is 38.8 Å². The molecule has 1 heterocycles. The van der Waals surface area contributed by atoms with Gasteiger partial charge in [-0.3, -0.25) is 9.69 Å². The SMILES string of the molecule is CCN(CC)C(C(=O)O)c1c(C)nn(-c2ccccc2)c1C. The molecule has 0 aliphatic carbocycles. The van der Waals surface area contributed by atoms with Crippen molar-refractivity contribution in [2.24, 2.45) is 0 Å². The monoisotopic (exact) mass is 301 g/mol. The Bertz CT molecular complexity index is 645. The Labute approximate surface area is 131 Å². The minimum atomic E-state index is -0.831. The number of likely N-dealkylation sites (N-methyl/N-ethyl adjacent to an activating group) is 1. The van der Waals surface area contributed by atoms with Gasteiger partial charge in [0.15, 0.2) is 0 Å². The van der Waals surface area contributed by atoms with Crippen LogP contribution in [0.4, 0.5) is 0 Å². The van der Waals surface area contributed by atoms with Crippen molar-refractivity contribution < 1.29 is 9.90 Å². The molecular weight excluding hydrogens is 278 g/mol. The van der Waals surface area contributed by atoms with Gasteiger partial charge in [-0.2, -0.15) is 5.10 Å². The number of aromatic nitrogens is 2. The number of aryl methyl sites for hydroxylation is 1. The van der Waals surface area contributed by atoms with Crippen molar-refractivity contribution in [1.29, 1.82) is 0 Å². The molecule has 0 saturated carbocycles. The number of nitrogens with zero attached hydrogens (tertiary/aromatic N) is 3. The zero-order valence-electron chi connectivity index (χ0n) is 13.6. The number of carboxylic acid groups (broad SMARTS) is 1. The molecule has 2 aromatic rings. The second-order valence-electron chi connectivity index (χ2n) is 5.29. The topological polar surface area (TPSA) is 58.4 Å². The molecule has 0 saturated heterocycles. The van der Waals surface area contributed by atoms with Gasteiger partial charge >= 0.3 is 5.97 Å². The lowest BCUT2D eigenvalue weighted by Crippen LogP contribution is -2.34. The van der Waals surface area contributed by atoms with Crippen molar-refractivity contribution in [2.45, 2.75) is 33.7 Å². The summed E-state index contributed by atoms with van der Waals surface area (Å²) in [7, 11) is 0. The lowest BCUT2D eigenvalue weighted by molar-refractivity contribution is -0.143. The van der Waals surface area contributed by atoms with Crippen LogP contribution < -0.4 is 0 Å². The fourth-order valence-electron chi connectivity index (χ4n) is 2.92. The Morgan fingerprint density at radius 1 is 1.23 bits per heavy atom. The van der Waals surface area contributed by atoms with Gasteiger partial charge in [-0.1, -0.05) is 32.0 Å². The fraction of sp³-hybridized carbons (Fsp3) is 0.412. The minimum absolute atomic E-state index is 0.660. The molecule has 0 aliphatic rings. The van der Waals surface area contributed by atoms with Gasteiger partial charge in [0.05, 0.1) is 11.4 Å². The van der Waals surface area contributed by atoms with E-state index in [1.54, 1.807) is 0 Å². The largest absolute Gasteiger partial charge is 0.480 e. The maximum atomic E-state index is 11.8. The predicted molar refractivity (Wildman–Crippen MR) is 86.3 cm³/mol. The van der Waals surface area contributed by atoms with Crippen molar-refractivity contribution in [2.75, 3.05) is 13.1 Å². The van der Waals surface area contributed by atoms with Gasteiger partial charge in [0.25, 0.3) is 0 Å². The zero-order valence-corrected chi connectivity index (χ0v) is 13.6. The van der Waals surface area contributed by atoms with E-state index in [9.17, 15) is 9.90 Å². The normalized spacial score (nSPS) is 12.6. The summed E-state index contributed by atoms with van der Waals surface area (Å²) in [5.74, 6) is -0.831. The maximum absolute atomic E-state index is 11.8. The van der Waals surface area contributed by atoms with E-state index >= 15 is 0 Å². The molecule has 1 aromatic carbocycles. The molecule has 5 heteroatoms. The lowest BCUT2D eigenvalue weighted by atomic mass is 10.0. The van der Waals surface area contributed by atoms with Crippen LogP contribution >= 0.6 is 0 Å². The number of carboxylic acids is 1. The van der Waals surface area contributed by atoms with Crippen molar-refractivity contribution >= 4 is 5.97 Å². The van der Waals surface area contributed by atoms with E-state index in [0.29, 0.717) is 13.1 Å². The summed E-state index contributed by atoms with van der Waals surface area (Å²) in [6, 6.07) is 9.13. The van der Waals surface area contributed by atoms with Gasteiger partial charge in [0, 0.05) is 11.3 Å². The minimum Gasteiger partial charge on any atom is -0.480 e. The van der Waals surface area contributed by atoms with Crippen molar-refractivity contribution in [1.82, 2.24) is 14.7 Å². The molecule has 5 nitrogen and oxygen atoms in total. The maximum Gasteiger partial charge on any atom is 0.325 e. The number of hydrogen-bond donors (Lipinski definition) is 1. The first-order chi connectivity index (χ1) is 10.5. The summed E-state index contributed by atoms with van der Waals surface area (Å²) in [5.41, 5.74) is 3.38. The van der Waals surface area contributed by atoms with Crippen molar-refractivity contribution in [3.05, 3.63) is 47.3 Å². The van der Waals surface area contributed by atoms with Gasteiger partial charge in [0.1, 0.15) is 6.04 Å². The molecule has 0 bridgehead atoms. The molecule has 1 aromatic heterocycles. The third kappa shape index (κ3) is 2.90.